The average molecular weight is 505 g/mol. The second-order valence-electron chi connectivity index (χ2n) is 10.3. The molecular formula is C22H25ClN6O6. The van der Waals surface area contributed by atoms with E-state index in [0.717, 1.165) is 0 Å². The van der Waals surface area contributed by atoms with Crippen molar-refractivity contribution in [2.45, 2.75) is 64.8 Å². The molecule has 2 saturated heterocycles. The monoisotopic (exact) mass is 504 g/mol. The fourth-order valence-electron chi connectivity index (χ4n) is 5.31. The van der Waals surface area contributed by atoms with Gasteiger partial charge in [0.25, 0.3) is 5.91 Å². The number of urea groups is 1. The van der Waals surface area contributed by atoms with Crippen molar-refractivity contribution < 1.29 is 28.4 Å². The van der Waals surface area contributed by atoms with Gasteiger partial charge in [-0.2, -0.15) is 0 Å². The zero-order valence-corrected chi connectivity index (χ0v) is 20.6. The number of fused-ring (bicyclic) bond motifs is 5. The number of morpholine rings is 1. The van der Waals surface area contributed by atoms with Crippen LogP contribution in [0.5, 0.6) is 0 Å². The third kappa shape index (κ3) is 3.46. The summed E-state index contributed by atoms with van der Waals surface area (Å²) in [6.45, 7) is 9.39. The van der Waals surface area contributed by atoms with E-state index in [1.165, 1.54) is 0 Å². The summed E-state index contributed by atoms with van der Waals surface area (Å²) in [5, 5.41) is 11.3. The van der Waals surface area contributed by atoms with Gasteiger partial charge in [-0.05, 0) is 34.6 Å². The summed E-state index contributed by atoms with van der Waals surface area (Å²) >= 11 is 6.81. The van der Waals surface area contributed by atoms with E-state index < -0.39 is 46.9 Å². The Morgan fingerprint density at radius 2 is 1.86 bits per heavy atom. The number of halogens is 1. The summed E-state index contributed by atoms with van der Waals surface area (Å²) in [6.07, 6.45) is -0.987. The smallest absolute Gasteiger partial charge is 0.328 e. The third-order valence-corrected chi connectivity index (χ3v) is 6.83. The molecular weight excluding hydrogens is 480 g/mol. The molecule has 5 rings (SSSR count). The second kappa shape index (κ2) is 7.62. The molecule has 2 aromatic heterocycles. The number of hydrogen-bond acceptors (Lipinski definition) is 9. The van der Waals surface area contributed by atoms with Crippen LogP contribution in [0.1, 0.15) is 50.8 Å². The highest BCUT2D eigenvalue weighted by molar-refractivity contribution is 6.38. The summed E-state index contributed by atoms with van der Waals surface area (Å²) < 4.78 is 11.4. The minimum absolute atomic E-state index is 0.0627. The van der Waals surface area contributed by atoms with Crippen LogP contribution in [0.25, 0.3) is 11.1 Å². The highest BCUT2D eigenvalue weighted by atomic mass is 35.5. The summed E-state index contributed by atoms with van der Waals surface area (Å²) in [4.78, 5) is 57.7. The molecule has 0 radical (unpaired) electrons. The number of barbiturate groups is 1. The Balaban J connectivity index is 1.72. The molecule has 186 valence electrons. The van der Waals surface area contributed by atoms with Crippen molar-refractivity contribution >= 4 is 52.1 Å². The number of rotatable bonds is 1. The van der Waals surface area contributed by atoms with E-state index in [1.54, 1.807) is 6.92 Å². The second-order valence-corrected chi connectivity index (χ2v) is 10.6. The van der Waals surface area contributed by atoms with E-state index in [4.69, 9.17) is 20.9 Å². The molecule has 3 atom stereocenters. The first-order chi connectivity index (χ1) is 16.3. The van der Waals surface area contributed by atoms with Crippen LogP contribution in [0.4, 0.5) is 10.5 Å². The molecule has 5 heterocycles. The maximum atomic E-state index is 13.3. The number of pyridine rings is 1. The largest absolute Gasteiger partial charge is 0.372 e. The maximum absolute atomic E-state index is 13.3. The molecule has 5 amide bonds. The molecule has 3 unspecified atom stereocenters. The number of hydrogen-bond donors (Lipinski definition) is 3. The zero-order chi connectivity index (χ0) is 25.4. The third-order valence-electron chi connectivity index (χ3n) is 6.48. The quantitative estimate of drug-likeness (QED) is 0.487. The molecule has 35 heavy (non-hydrogen) atoms. The highest BCUT2D eigenvalue weighted by Gasteiger charge is 2.63. The number of carbonyl (C=O) groups is 4. The van der Waals surface area contributed by atoms with Gasteiger partial charge in [0.2, 0.25) is 17.4 Å². The van der Waals surface area contributed by atoms with E-state index >= 15 is 0 Å². The maximum Gasteiger partial charge on any atom is 0.328 e. The number of anilines is 1. The van der Waals surface area contributed by atoms with Crippen LogP contribution in [0.3, 0.4) is 0 Å². The Hall–Kier alpha value is -3.25. The van der Waals surface area contributed by atoms with E-state index in [1.807, 2.05) is 32.6 Å². The fourth-order valence-corrected chi connectivity index (χ4v) is 5.65. The first-order valence-electron chi connectivity index (χ1n) is 11.2. The Morgan fingerprint density at radius 1 is 1.20 bits per heavy atom. The Morgan fingerprint density at radius 3 is 2.49 bits per heavy atom. The van der Waals surface area contributed by atoms with Gasteiger partial charge in [-0.25, -0.2) is 9.78 Å². The van der Waals surface area contributed by atoms with Crippen molar-refractivity contribution in [1.82, 2.24) is 26.1 Å². The van der Waals surface area contributed by atoms with Crippen LogP contribution in [0.15, 0.2) is 4.52 Å². The molecule has 2 aromatic rings. The molecule has 0 aliphatic carbocycles. The van der Waals surface area contributed by atoms with Crippen molar-refractivity contribution in [1.29, 1.82) is 0 Å². The standard InChI is InChI=1S/C22H25ClN6O6/c1-8-7-29-14-10(6-22(16(29)9(2)34-8)18(31)25-20(33)26-19(22)32)24-12-13(17(30)27-21(3,4)5)28-35-15(12)11(14)23/h8-9,16H,6-7H2,1-5H3,(H,27,30)(H2,25,26,31,32,33). The molecule has 13 heteroatoms. The first-order valence-corrected chi connectivity index (χ1v) is 11.6. The zero-order valence-electron chi connectivity index (χ0n) is 19.8. The van der Waals surface area contributed by atoms with Gasteiger partial charge in [-0.3, -0.25) is 25.0 Å². The lowest BCUT2D eigenvalue weighted by Crippen LogP contribution is -2.75. The minimum atomic E-state index is -1.71. The predicted molar refractivity (Wildman–Crippen MR) is 123 cm³/mol. The van der Waals surface area contributed by atoms with Gasteiger partial charge in [-0.1, -0.05) is 16.8 Å². The number of carbonyl (C=O) groups excluding carboxylic acids is 4. The van der Waals surface area contributed by atoms with E-state index in [2.05, 4.69) is 26.1 Å². The highest BCUT2D eigenvalue weighted by Crippen LogP contribution is 2.50. The summed E-state index contributed by atoms with van der Waals surface area (Å²) in [7, 11) is 0. The SMILES string of the molecule is CC1CN2c3c(nc4c(C(=O)NC(C)(C)C)noc4c3Cl)CC3(C(=O)NC(=O)NC3=O)C2C(C)O1. The fraction of sp³-hybridized carbons (Fsp3) is 0.545. The summed E-state index contributed by atoms with van der Waals surface area (Å²) in [6, 6.07) is -1.66. The number of ether oxygens (including phenoxy) is 1. The topological polar surface area (TPSA) is 156 Å². The van der Waals surface area contributed by atoms with Crippen LogP contribution in [-0.2, 0) is 20.7 Å². The van der Waals surface area contributed by atoms with Gasteiger partial charge in [0.05, 0.1) is 29.6 Å². The van der Waals surface area contributed by atoms with Crippen LogP contribution >= 0.6 is 11.6 Å². The van der Waals surface area contributed by atoms with Crippen LogP contribution in [-0.4, -0.2) is 64.2 Å². The molecule has 0 aromatic carbocycles. The number of nitrogens with zero attached hydrogens (tertiary/aromatic N) is 3. The molecule has 3 aliphatic rings. The Bertz CT molecular complexity index is 1280. The average Bonchev–Trinajstić information content (AvgIpc) is 3.14. The normalized spacial score (nSPS) is 25.7. The molecule has 0 bridgehead atoms. The van der Waals surface area contributed by atoms with Gasteiger partial charge >= 0.3 is 6.03 Å². The number of imide groups is 2. The Kier molecular flexibility index (Phi) is 5.12. The van der Waals surface area contributed by atoms with Crippen molar-refractivity contribution in [2.75, 3.05) is 11.4 Å². The van der Waals surface area contributed by atoms with Gasteiger partial charge < -0.3 is 19.5 Å². The predicted octanol–water partition coefficient (Wildman–Crippen LogP) is 1.30. The number of aromatic nitrogens is 2. The van der Waals surface area contributed by atoms with Crippen LogP contribution in [0.2, 0.25) is 5.02 Å². The lowest BCUT2D eigenvalue weighted by Gasteiger charge is -2.55. The Labute approximate surface area is 205 Å². The van der Waals surface area contributed by atoms with Crippen LogP contribution in [0, 0.1) is 5.41 Å². The van der Waals surface area contributed by atoms with Gasteiger partial charge in [-0.15, -0.1) is 0 Å². The first kappa shape index (κ1) is 23.5. The molecule has 12 nitrogen and oxygen atoms in total. The van der Waals surface area contributed by atoms with Crippen molar-refractivity contribution in [3.05, 3.63) is 16.4 Å². The van der Waals surface area contributed by atoms with Gasteiger partial charge in [0, 0.05) is 18.5 Å². The summed E-state index contributed by atoms with van der Waals surface area (Å²) in [5.41, 5.74) is -1.28. The lowest BCUT2D eigenvalue weighted by atomic mass is 9.67. The molecule has 1 spiro atoms. The van der Waals surface area contributed by atoms with Crippen molar-refractivity contribution in [2.24, 2.45) is 5.41 Å². The van der Waals surface area contributed by atoms with E-state index in [9.17, 15) is 19.2 Å². The van der Waals surface area contributed by atoms with Gasteiger partial charge in [0.1, 0.15) is 10.5 Å². The lowest BCUT2D eigenvalue weighted by molar-refractivity contribution is -0.153. The van der Waals surface area contributed by atoms with Crippen LogP contribution < -0.4 is 20.9 Å². The minimum Gasteiger partial charge on any atom is -0.372 e. The van der Waals surface area contributed by atoms with Gasteiger partial charge in [0.15, 0.2) is 11.1 Å². The van der Waals surface area contributed by atoms with Crippen molar-refractivity contribution in [3.63, 3.8) is 0 Å². The number of amides is 5. The molecule has 2 fully saturated rings. The molecule has 0 saturated carbocycles. The molecule has 3 N–H and O–H groups in total. The molecule has 3 aliphatic heterocycles. The number of nitrogens with one attached hydrogen (secondary N) is 3. The van der Waals surface area contributed by atoms with E-state index in [0.29, 0.717) is 17.9 Å². The summed E-state index contributed by atoms with van der Waals surface area (Å²) in [5.74, 6) is -1.99. The van der Waals surface area contributed by atoms with E-state index in [-0.39, 0.29) is 34.3 Å². The van der Waals surface area contributed by atoms with Crippen molar-refractivity contribution in [3.8, 4) is 0 Å².